The lowest BCUT2D eigenvalue weighted by molar-refractivity contribution is -0.127. The van der Waals surface area contributed by atoms with Gasteiger partial charge in [0.1, 0.15) is 11.6 Å². The Kier molecular flexibility index (Phi) is 9.47. The van der Waals surface area contributed by atoms with Crippen molar-refractivity contribution in [2.24, 2.45) is 5.92 Å². The van der Waals surface area contributed by atoms with E-state index in [1.54, 1.807) is 4.90 Å². The molecule has 0 bridgehead atoms. The number of halogens is 2. The number of carbonyl (C=O) groups is 1. The molecule has 2 aromatic carbocycles. The maximum atomic E-state index is 13.2. The lowest BCUT2D eigenvalue weighted by atomic mass is 9.93. The number of amides is 1. The van der Waals surface area contributed by atoms with E-state index in [9.17, 15) is 18.7 Å². The Hall–Kier alpha value is -3.03. The van der Waals surface area contributed by atoms with Crippen LogP contribution in [0.4, 0.5) is 8.78 Å². The Morgan fingerprint density at radius 2 is 1.84 bits per heavy atom. The first-order chi connectivity index (χ1) is 17.9. The van der Waals surface area contributed by atoms with E-state index in [0.717, 1.165) is 57.8 Å². The number of aromatic amines is 1. The fourth-order valence-electron chi connectivity index (χ4n) is 5.23. The van der Waals surface area contributed by atoms with Gasteiger partial charge >= 0.3 is 0 Å². The molecule has 1 unspecified atom stereocenters. The van der Waals surface area contributed by atoms with Gasteiger partial charge in [-0.3, -0.25) is 4.79 Å². The van der Waals surface area contributed by atoms with Crippen molar-refractivity contribution in [3.8, 4) is 0 Å². The van der Waals surface area contributed by atoms with Gasteiger partial charge in [-0.05, 0) is 98.8 Å². The minimum atomic E-state index is -0.649. The van der Waals surface area contributed by atoms with E-state index in [2.05, 4.69) is 41.1 Å². The number of aliphatic hydroxyl groups is 1. The fraction of sp³-hybridized carbons (Fsp3) is 0.433. The van der Waals surface area contributed by atoms with Crippen molar-refractivity contribution in [1.29, 1.82) is 0 Å². The minimum Gasteiger partial charge on any atom is -0.392 e. The molecule has 5 nitrogen and oxygen atoms in total. The van der Waals surface area contributed by atoms with E-state index in [1.165, 1.54) is 40.8 Å². The Balaban J connectivity index is 0.000000265. The van der Waals surface area contributed by atoms with Crippen LogP contribution in [0.3, 0.4) is 0 Å². The molecule has 2 fully saturated rings. The summed E-state index contributed by atoms with van der Waals surface area (Å²) in [6.45, 7) is 6.41. The number of hydrogen-bond donors (Lipinski definition) is 2. The van der Waals surface area contributed by atoms with Crippen LogP contribution in [0.15, 0.2) is 54.7 Å². The van der Waals surface area contributed by atoms with Crippen molar-refractivity contribution in [3.63, 3.8) is 0 Å². The van der Waals surface area contributed by atoms with Gasteiger partial charge in [0.2, 0.25) is 5.91 Å². The quantitative estimate of drug-likeness (QED) is 0.444. The van der Waals surface area contributed by atoms with Crippen LogP contribution in [0.1, 0.15) is 43.2 Å². The third kappa shape index (κ3) is 7.98. The van der Waals surface area contributed by atoms with Gasteiger partial charge in [0, 0.05) is 43.5 Å². The summed E-state index contributed by atoms with van der Waals surface area (Å²) >= 11 is 0. The Labute approximate surface area is 217 Å². The summed E-state index contributed by atoms with van der Waals surface area (Å²) < 4.78 is 26.4. The second-order valence-corrected chi connectivity index (χ2v) is 10.2. The van der Waals surface area contributed by atoms with Crippen LogP contribution in [0.5, 0.6) is 0 Å². The molecule has 1 amide bonds. The lowest BCUT2D eigenvalue weighted by Gasteiger charge is -2.34. The summed E-state index contributed by atoms with van der Waals surface area (Å²) in [5.41, 5.74) is 2.91. The van der Waals surface area contributed by atoms with Crippen molar-refractivity contribution >= 4 is 22.9 Å². The lowest BCUT2D eigenvalue weighted by Crippen LogP contribution is -2.41. The van der Waals surface area contributed by atoms with Gasteiger partial charge < -0.3 is 19.9 Å². The number of carbonyl (C=O) groups excluding carboxylic acids is 1. The average molecular weight is 510 g/mol. The van der Waals surface area contributed by atoms with E-state index < -0.39 is 11.6 Å². The second kappa shape index (κ2) is 13.0. The molecule has 3 heterocycles. The number of H-pyrrole nitrogens is 1. The molecule has 198 valence electrons. The number of hydrogen-bond acceptors (Lipinski definition) is 3. The summed E-state index contributed by atoms with van der Waals surface area (Å²) in [6.07, 6.45) is 9.67. The van der Waals surface area contributed by atoms with Crippen molar-refractivity contribution in [2.45, 2.75) is 45.1 Å². The van der Waals surface area contributed by atoms with E-state index in [0.29, 0.717) is 24.6 Å². The summed E-state index contributed by atoms with van der Waals surface area (Å²) in [7, 11) is 0. The van der Waals surface area contributed by atoms with E-state index >= 15 is 0 Å². The molecule has 3 aromatic rings. The van der Waals surface area contributed by atoms with Crippen LogP contribution in [-0.2, 0) is 4.79 Å². The van der Waals surface area contributed by atoms with Crippen molar-refractivity contribution in [1.82, 2.24) is 14.8 Å². The predicted molar refractivity (Wildman–Crippen MR) is 144 cm³/mol. The molecule has 2 aliphatic heterocycles. The normalized spacial score (nSPS) is 19.2. The van der Waals surface area contributed by atoms with Crippen LogP contribution >= 0.6 is 0 Å². The van der Waals surface area contributed by atoms with Crippen LogP contribution in [0.2, 0.25) is 0 Å². The molecule has 0 spiro atoms. The number of aryl methyl sites for hydroxylation is 1. The maximum absolute atomic E-state index is 13.2. The maximum Gasteiger partial charge on any atom is 0.246 e. The highest BCUT2D eigenvalue weighted by molar-refractivity contribution is 5.91. The zero-order valence-corrected chi connectivity index (χ0v) is 21.5. The molecule has 2 saturated heterocycles. The van der Waals surface area contributed by atoms with Gasteiger partial charge in [-0.25, -0.2) is 8.78 Å². The van der Waals surface area contributed by atoms with Crippen molar-refractivity contribution < 1.29 is 18.7 Å². The number of β-amino-alcohol motifs (C(OH)–C–C–N with tert-alkyl or cyclic N) is 1. The third-order valence-corrected chi connectivity index (χ3v) is 7.36. The summed E-state index contributed by atoms with van der Waals surface area (Å²) in [5.74, 6) is -0.806. The largest absolute Gasteiger partial charge is 0.392 e. The Morgan fingerprint density at radius 1 is 1.08 bits per heavy atom. The monoisotopic (exact) mass is 509 g/mol. The number of para-hydroxylation sites is 1. The highest BCUT2D eigenvalue weighted by Crippen LogP contribution is 2.22. The molecular weight excluding hydrogens is 472 g/mol. The number of nitrogens with zero attached hydrogens (tertiary/aromatic N) is 2. The highest BCUT2D eigenvalue weighted by Gasteiger charge is 2.23. The number of rotatable bonds is 5. The molecule has 2 N–H and O–H groups in total. The SMILES string of the molecule is Cc1cccc2cc[nH]c12.O=C(/C=C/c1cc(F)cc(F)c1)N1CCC(CCN2CCCC(O)C2)CC1. The predicted octanol–water partition coefficient (Wildman–Crippen LogP) is 5.54. The topological polar surface area (TPSA) is 59.6 Å². The van der Waals surface area contributed by atoms with Crippen molar-refractivity contribution in [2.75, 3.05) is 32.7 Å². The van der Waals surface area contributed by atoms with E-state index in [-0.39, 0.29) is 12.0 Å². The van der Waals surface area contributed by atoms with Gasteiger partial charge in [-0.15, -0.1) is 0 Å². The molecule has 0 aliphatic carbocycles. The molecule has 37 heavy (non-hydrogen) atoms. The average Bonchev–Trinajstić information content (AvgIpc) is 3.37. The summed E-state index contributed by atoms with van der Waals surface area (Å²) in [5, 5.41) is 11.0. The summed E-state index contributed by atoms with van der Waals surface area (Å²) in [4.78, 5) is 19.6. The Morgan fingerprint density at radius 3 is 2.54 bits per heavy atom. The zero-order chi connectivity index (χ0) is 26.2. The van der Waals surface area contributed by atoms with Gasteiger partial charge in [-0.1, -0.05) is 18.2 Å². The summed E-state index contributed by atoms with van der Waals surface area (Å²) in [6, 6.07) is 11.6. The second-order valence-electron chi connectivity index (χ2n) is 10.2. The van der Waals surface area contributed by atoms with Crippen molar-refractivity contribution in [3.05, 3.63) is 77.5 Å². The number of likely N-dealkylation sites (tertiary alicyclic amines) is 2. The molecule has 1 aromatic heterocycles. The molecule has 0 saturated carbocycles. The first kappa shape index (κ1) is 27.0. The number of aliphatic hydroxyl groups excluding tert-OH is 1. The standard InChI is InChI=1S/C21H28F2N2O2.C9H9N/c22-18-12-17(13-19(23)14-18)3-4-21(27)25-10-6-16(7-11-25)5-9-24-8-1-2-20(26)15-24;1-7-3-2-4-8-5-6-10-9(7)8/h3-4,12-14,16,20,26H,1-2,5-11,15H2;2-6,10H,1H3/b4-3+;. The van der Waals surface area contributed by atoms with E-state index in [4.69, 9.17) is 0 Å². The molecule has 2 aliphatic rings. The smallest absolute Gasteiger partial charge is 0.246 e. The number of benzene rings is 2. The number of piperidine rings is 2. The van der Waals surface area contributed by atoms with Crippen LogP contribution in [0.25, 0.3) is 17.0 Å². The van der Waals surface area contributed by atoms with Gasteiger partial charge in [0.15, 0.2) is 0 Å². The van der Waals surface area contributed by atoms with Crippen LogP contribution in [0, 0.1) is 24.5 Å². The number of nitrogens with one attached hydrogen (secondary N) is 1. The zero-order valence-electron chi connectivity index (χ0n) is 21.5. The minimum absolute atomic E-state index is 0.114. The first-order valence-electron chi connectivity index (χ1n) is 13.2. The van der Waals surface area contributed by atoms with Gasteiger partial charge in [0.25, 0.3) is 0 Å². The molecule has 0 radical (unpaired) electrons. The van der Waals surface area contributed by atoms with E-state index in [1.807, 2.05) is 6.20 Å². The molecule has 5 rings (SSSR count). The van der Waals surface area contributed by atoms with Gasteiger partial charge in [-0.2, -0.15) is 0 Å². The molecule has 1 atom stereocenters. The number of aromatic nitrogens is 1. The van der Waals surface area contributed by atoms with Crippen LogP contribution in [-0.4, -0.2) is 64.6 Å². The number of fused-ring (bicyclic) bond motifs is 1. The fourth-order valence-corrected chi connectivity index (χ4v) is 5.23. The molecule has 7 heteroatoms. The van der Waals surface area contributed by atoms with Crippen LogP contribution < -0.4 is 0 Å². The van der Waals surface area contributed by atoms with Gasteiger partial charge in [0.05, 0.1) is 6.10 Å². The third-order valence-electron chi connectivity index (χ3n) is 7.36. The Bertz CT molecular complexity index is 1180. The molecular formula is C30H37F2N3O2. The highest BCUT2D eigenvalue weighted by atomic mass is 19.1. The first-order valence-corrected chi connectivity index (χ1v) is 13.2.